The lowest BCUT2D eigenvalue weighted by Gasteiger charge is -2.13. The highest BCUT2D eigenvalue weighted by molar-refractivity contribution is 7.49. The molecule has 0 aromatic heterocycles. The van der Waals surface area contributed by atoms with Gasteiger partial charge in [0.2, 0.25) is 0 Å². The molecule has 0 atom stereocenters. The van der Waals surface area contributed by atoms with Crippen molar-refractivity contribution in [1.82, 2.24) is 10.2 Å². The van der Waals surface area contributed by atoms with E-state index in [0.717, 1.165) is 0 Å². The van der Waals surface area contributed by atoms with E-state index in [1.807, 2.05) is 0 Å². The van der Waals surface area contributed by atoms with E-state index < -0.39 is 23.9 Å². The second-order valence-electron chi connectivity index (χ2n) is 1.33. The van der Waals surface area contributed by atoms with Crippen molar-refractivity contribution in [2.75, 3.05) is 0 Å². The van der Waals surface area contributed by atoms with E-state index in [1.165, 1.54) is 0 Å². The molecule has 0 rings (SSSR count). The fraction of sp³-hybridized carbons (Fsp3) is 0. The van der Waals surface area contributed by atoms with Crippen molar-refractivity contribution in [2.45, 2.75) is 0 Å². The van der Waals surface area contributed by atoms with E-state index in [4.69, 9.17) is 15.2 Å². The maximum absolute atomic E-state index is 11.9. The summed E-state index contributed by atoms with van der Waals surface area (Å²) >= 11 is 0. The Morgan fingerprint density at radius 3 is 1.82 bits per heavy atom. The molecule has 0 aromatic carbocycles. The Balaban J connectivity index is 4.39. The maximum Gasteiger partial charge on any atom is 0.460 e. The fourth-order valence-electron chi connectivity index (χ4n) is 0.186. The molecule has 0 radical (unpaired) electrons. The summed E-state index contributed by atoms with van der Waals surface area (Å²) < 4.78 is 44.1. The minimum atomic E-state index is -5.45. The van der Waals surface area contributed by atoms with E-state index in [1.54, 1.807) is 0 Å². The summed E-state index contributed by atoms with van der Waals surface area (Å²) in [6, 6.07) is 0. The molecule has 0 saturated carbocycles. The van der Waals surface area contributed by atoms with Gasteiger partial charge < -0.3 is 9.79 Å². The highest BCUT2D eigenvalue weighted by Crippen LogP contribution is 2.40. The minimum Gasteiger partial charge on any atom is -0.306 e. The van der Waals surface area contributed by atoms with E-state index >= 15 is 0 Å². The molecule has 0 spiro atoms. The maximum atomic E-state index is 11.9. The van der Waals surface area contributed by atoms with Gasteiger partial charge in [-0.25, -0.2) is 4.57 Å². The molecule has 0 amide bonds. The molecule has 66 valence electrons. The molecule has 10 heteroatoms. The van der Waals surface area contributed by atoms with Gasteiger partial charge >= 0.3 is 7.75 Å². The summed E-state index contributed by atoms with van der Waals surface area (Å²) in [4.78, 5) is 14.1. The van der Waals surface area contributed by atoms with Gasteiger partial charge in [-0.2, -0.15) is 0 Å². The zero-order valence-electron chi connectivity index (χ0n) is 4.78. The van der Waals surface area contributed by atoms with Gasteiger partial charge in [0, 0.05) is 0 Å². The smallest absolute Gasteiger partial charge is 0.306 e. The van der Waals surface area contributed by atoms with Crippen LogP contribution in [0.15, 0.2) is 0 Å². The lowest BCUT2D eigenvalue weighted by molar-refractivity contribution is -0.0944. The second-order valence-corrected chi connectivity index (χ2v) is 2.71. The quantitative estimate of drug-likeness (QED) is 0.241. The molecule has 11 heavy (non-hydrogen) atoms. The molecule has 0 aromatic rings. The summed E-state index contributed by atoms with van der Waals surface area (Å²) in [5, 5.41) is 3.97. The molecule has 0 unspecified atom stereocenters. The van der Waals surface area contributed by atoms with Crippen LogP contribution in [-0.4, -0.2) is 26.0 Å². The van der Waals surface area contributed by atoms with Crippen LogP contribution in [-0.2, 0) is 4.57 Å². The number of hydrogen-bond donors (Lipinski definition) is 3. The standard InChI is InChI=1S/CH3F3N3O3P/c2-6(3)1(5)7(4)11(8,9)10/h5H,(H2,8,9,10). The van der Waals surface area contributed by atoms with Crippen LogP contribution >= 0.6 is 7.75 Å². The monoisotopic (exact) mass is 193 g/mol. The van der Waals surface area contributed by atoms with Crippen LogP contribution in [0.3, 0.4) is 0 Å². The molecular weight excluding hydrogens is 190 g/mol. The van der Waals surface area contributed by atoms with Gasteiger partial charge in [0.25, 0.3) is 5.96 Å². The molecule has 0 aliphatic rings. The number of nitrogens with zero attached hydrogens (tertiary/aromatic N) is 2. The zero-order chi connectivity index (χ0) is 9.23. The van der Waals surface area contributed by atoms with E-state index in [0.29, 0.717) is 0 Å². The topological polar surface area (TPSA) is 87.9 Å². The van der Waals surface area contributed by atoms with Crippen LogP contribution in [0.1, 0.15) is 0 Å². The number of nitrogens with one attached hydrogen (secondary N) is 1. The molecule has 0 heterocycles. The first-order chi connectivity index (χ1) is 4.76. The Bertz CT molecular complexity index is 202. The normalized spacial score (nSPS) is 11.0. The average molecular weight is 193 g/mol. The molecule has 3 N–H and O–H groups in total. The predicted molar refractivity (Wildman–Crippen MR) is 26.8 cm³/mol. The highest BCUT2D eigenvalue weighted by Gasteiger charge is 2.32. The fourth-order valence-corrected chi connectivity index (χ4v) is 0.500. The van der Waals surface area contributed by atoms with Crippen molar-refractivity contribution in [1.29, 1.82) is 5.41 Å². The molecule has 0 saturated heterocycles. The van der Waals surface area contributed by atoms with Crippen LogP contribution in [0.4, 0.5) is 13.4 Å². The summed E-state index contributed by atoms with van der Waals surface area (Å²) in [5.74, 6) is -2.22. The van der Waals surface area contributed by atoms with Crippen LogP contribution in [0.2, 0.25) is 0 Å². The van der Waals surface area contributed by atoms with Gasteiger partial charge in [-0.15, -0.1) is 0 Å². The molecule has 0 aliphatic heterocycles. The Morgan fingerprint density at radius 2 is 1.73 bits per heavy atom. The van der Waals surface area contributed by atoms with Crippen LogP contribution in [0.5, 0.6) is 0 Å². The third-order valence-electron chi connectivity index (χ3n) is 0.564. The lowest BCUT2D eigenvalue weighted by Crippen LogP contribution is -2.27. The predicted octanol–water partition coefficient (Wildman–Crippen LogP) is 0.271. The molecule has 6 nitrogen and oxygen atoms in total. The van der Waals surface area contributed by atoms with Crippen molar-refractivity contribution in [3.63, 3.8) is 0 Å². The summed E-state index contributed by atoms with van der Waals surface area (Å²) in [6.07, 6.45) is 0. The van der Waals surface area contributed by atoms with E-state index in [9.17, 15) is 18.0 Å². The van der Waals surface area contributed by atoms with Crippen LogP contribution < -0.4 is 0 Å². The Labute approximate surface area is 58.4 Å². The molecule has 0 fully saturated rings. The number of rotatable bonds is 1. The van der Waals surface area contributed by atoms with Crippen molar-refractivity contribution in [3.05, 3.63) is 0 Å². The lowest BCUT2D eigenvalue weighted by atomic mass is 11.1. The first-order valence-corrected chi connectivity index (χ1v) is 3.55. The molecule has 0 bridgehead atoms. The van der Waals surface area contributed by atoms with Crippen molar-refractivity contribution in [2.24, 2.45) is 0 Å². The van der Waals surface area contributed by atoms with E-state index in [-0.39, 0.29) is 0 Å². The van der Waals surface area contributed by atoms with Crippen LogP contribution in [0.25, 0.3) is 0 Å². The first kappa shape index (κ1) is 10.2. The Morgan fingerprint density at radius 1 is 1.36 bits per heavy atom. The van der Waals surface area contributed by atoms with Gasteiger partial charge in [0.1, 0.15) is 0 Å². The highest BCUT2D eigenvalue weighted by atomic mass is 31.2. The number of halogens is 3. The minimum absolute atomic E-state index is 1.65. The SMILES string of the molecule is N=C(N(F)F)N(F)P(=O)(O)O. The van der Waals surface area contributed by atoms with Gasteiger partial charge in [0.15, 0.2) is 0 Å². The first-order valence-electron chi connectivity index (χ1n) is 1.99. The third kappa shape index (κ3) is 2.74. The molecule has 0 aliphatic carbocycles. The summed E-state index contributed by atoms with van der Waals surface area (Å²) in [6.45, 7) is 0. The Hall–Kier alpha value is -0.790. The zero-order valence-corrected chi connectivity index (χ0v) is 5.67. The van der Waals surface area contributed by atoms with Crippen molar-refractivity contribution < 1.29 is 27.8 Å². The Kier molecular flexibility index (Phi) is 2.85. The summed E-state index contributed by atoms with van der Waals surface area (Å²) in [5.41, 5.74) is 0. The second kappa shape index (κ2) is 3.07. The van der Waals surface area contributed by atoms with Gasteiger partial charge in [-0.1, -0.05) is 18.3 Å². The van der Waals surface area contributed by atoms with Crippen LogP contribution in [0, 0.1) is 5.41 Å². The average Bonchev–Trinajstić information content (AvgIpc) is 1.82. The number of guanidine groups is 1. The van der Waals surface area contributed by atoms with E-state index in [2.05, 4.69) is 0 Å². The van der Waals surface area contributed by atoms with Gasteiger partial charge in [0.05, 0.1) is 0 Å². The largest absolute Gasteiger partial charge is 0.460 e. The van der Waals surface area contributed by atoms with Crippen molar-refractivity contribution >= 4 is 13.7 Å². The van der Waals surface area contributed by atoms with Gasteiger partial charge in [-0.3, -0.25) is 5.41 Å². The number of hydrogen-bond acceptors (Lipinski definition) is 2. The van der Waals surface area contributed by atoms with Crippen molar-refractivity contribution in [3.8, 4) is 0 Å². The third-order valence-corrected chi connectivity index (χ3v) is 1.21. The summed E-state index contributed by atoms with van der Waals surface area (Å²) in [7, 11) is -5.45. The van der Waals surface area contributed by atoms with Gasteiger partial charge in [-0.05, 0) is 5.34 Å². The molecular formula is CH3F3N3O3P.